The number of halogens is 3. The minimum Gasteiger partial charge on any atom is -0.497 e. The van der Waals surface area contributed by atoms with Gasteiger partial charge in [-0.05, 0) is 23.3 Å². The summed E-state index contributed by atoms with van der Waals surface area (Å²) in [6, 6.07) is 14.2. The van der Waals surface area contributed by atoms with E-state index in [9.17, 15) is 22.8 Å². The summed E-state index contributed by atoms with van der Waals surface area (Å²) in [6.45, 7) is -1.63. The van der Waals surface area contributed by atoms with Crippen LogP contribution in [0.2, 0.25) is 0 Å². The van der Waals surface area contributed by atoms with Crippen LogP contribution >= 0.6 is 0 Å². The summed E-state index contributed by atoms with van der Waals surface area (Å²) < 4.78 is 58.0. The Kier molecular flexibility index (Phi) is 8.23. The molecule has 0 aromatic heterocycles. The molecule has 0 saturated heterocycles. The summed E-state index contributed by atoms with van der Waals surface area (Å²) in [5.41, 5.74) is 0.797. The lowest BCUT2D eigenvalue weighted by Crippen LogP contribution is -2.37. The molecule has 0 spiro atoms. The van der Waals surface area contributed by atoms with Gasteiger partial charge in [-0.25, -0.2) is 4.79 Å². The summed E-state index contributed by atoms with van der Waals surface area (Å²) in [4.78, 5) is 24.6. The van der Waals surface area contributed by atoms with E-state index < -0.39 is 36.9 Å². The number of methoxy groups -OCH3 is 2. The maximum atomic E-state index is 12.7. The van der Waals surface area contributed by atoms with Crippen molar-refractivity contribution in [2.45, 2.75) is 24.8 Å². The number of ether oxygens (including phenoxy) is 4. The number of esters is 2. The van der Waals surface area contributed by atoms with E-state index in [2.05, 4.69) is 4.74 Å². The molecule has 0 fully saturated rings. The van der Waals surface area contributed by atoms with Crippen molar-refractivity contribution in [2.75, 3.05) is 20.8 Å². The molecule has 9 heteroatoms. The topological polar surface area (TPSA) is 71.1 Å². The van der Waals surface area contributed by atoms with E-state index in [4.69, 9.17) is 14.2 Å². The Labute approximate surface area is 171 Å². The predicted octanol–water partition coefficient (Wildman–Crippen LogP) is 3.64. The van der Waals surface area contributed by atoms with Crippen LogP contribution in [0.3, 0.4) is 0 Å². The average Bonchev–Trinajstić information content (AvgIpc) is 2.73. The zero-order valence-corrected chi connectivity index (χ0v) is 16.3. The third-order valence-corrected chi connectivity index (χ3v) is 4.03. The molecule has 0 bridgehead atoms. The molecular formula is C21H21F3O6. The Balaban J connectivity index is 2.22. The van der Waals surface area contributed by atoms with Gasteiger partial charge in [0.2, 0.25) is 6.10 Å². The van der Waals surface area contributed by atoms with E-state index in [1.54, 1.807) is 42.5 Å². The van der Waals surface area contributed by atoms with Crippen molar-refractivity contribution in [3.05, 3.63) is 65.7 Å². The van der Waals surface area contributed by atoms with Crippen LogP contribution in [-0.4, -0.2) is 45.0 Å². The molecule has 6 nitrogen and oxygen atoms in total. The minimum atomic E-state index is -4.64. The number of benzene rings is 2. The van der Waals surface area contributed by atoms with Crippen LogP contribution in [0.25, 0.3) is 0 Å². The SMILES string of the molecule is COC(=O)C(OC(=O)Cc1ccc(OC)cc1)C(OCC(F)(F)F)c1ccccc1. The number of alkyl halides is 3. The summed E-state index contributed by atoms with van der Waals surface area (Å²) in [5.74, 6) is -1.27. The van der Waals surface area contributed by atoms with Crippen molar-refractivity contribution >= 4 is 11.9 Å². The molecule has 2 rings (SSSR count). The lowest BCUT2D eigenvalue weighted by molar-refractivity contribution is -0.207. The molecule has 162 valence electrons. The highest BCUT2D eigenvalue weighted by molar-refractivity contribution is 5.81. The monoisotopic (exact) mass is 426 g/mol. The van der Waals surface area contributed by atoms with E-state index in [1.165, 1.54) is 19.2 Å². The normalized spacial score (nSPS) is 13.2. The van der Waals surface area contributed by atoms with E-state index in [1.807, 2.05) is 0 Å². The van der Waals surface area contributed by atoms with Gasteiger partial charge in [-0.2, -0.15) is 13.2 Å². The van der Waals surface area contributed by atoms with Crippen LogP contribution in [0, 0.1) is 0 Å². The third kappa shape index (κ3) is 7.07. The smallest absolute Gasteiger partial charge is 0.411 e. The van der Waals surface area contributed by atoms with Gasteiger partial charge >= 0.3 is 18.1 Å². The summed E-state index contributed by atoms with van der Waals surface area (Å²) in [6.07, 6.45) is -8.07. The van der Waals surface area contributed by atoms with E-state index >= 15 is 0 Å². The molecule has 2 aromatic carbocycles. The van der Waals surface area contributed by atoms with Crippen LogP contribution in [0.1, 0.15) is 17.2 Å². The number of rotatable bonds is 9. The fourth-order valence-electron chi connectivity index (χ4n) is 2.63. The number of hydrogen-bond donors (Lipinski definition) is 0. The maximum absolute atomic E-state index is 12.7. The Bertz CT molecular complexity index is 821. The highest BCUT2D eigenvalue weighted by Gasteiger charge is 2.38. The first-order valence-corrected chi connectivity index (χ1v) is 8.87. The second-order valence-electron chi connectivity index (χ2n) is 6.22. The van der Waals surface area contributed by atoms with Gasteiger partial charge in [0.05, 0.1) is 20.6 Å². The third-order valence-electron chi connectivity index (χ3n) is 4.03. The molecule has 0 aliphatic heterocycles. The Morgan fingerprint density at radius 1 is 0.967 bits per heavy atom. The molecule has 0 heterocycles. The van der Waals surface area contributed by atoms with Crippen molar-refractivity contribution in [2.24, 2.45) is 0 Å². The zero-order chi connectivity index (χ0) is 22.1. The first-order chi connectivity index (χ1) is 14.2. The molecule has 0 aliphatic carbocycles. The number of hydrogen-bond acceptors (Lipinski definition) is 6. The first-order valence-electron chi connectivity index (χ1n) is 8.87. The highest BCUT2D eigenvalue weighted by Crippen LogP contribution is 2.28. The van der Waals surface area contributed by atoms with Crippen molar-refractivity contribution in [3.63, 3.8) is 0 Å². The van der Waals surface area contributed by atoms with Crippen LogP contribution in [0.15, 0.2) is 54.6 Å². The Morgan fingerprint density at radius 2 is 1.60 bits per heavy atom. The quantitative estimate of drug-likeness (QED) is 0.570. The van der Waals surface area contributed by atoms with Gasteiger partial charge < -0.3 is 18.9 Å². The summed E-state index contributed by atoms with van der Waals surface area (Å²) >= 11 is 0. The highest BCUT2D eigenvalue weighted by atomic mass is 19.4. The fraction of sp³-hybridized carbons (Fsp3) is 0.333. The standard InChI is InChI=1S/C21H21F3O6/c1-27-16-10-8-14(9-11-16)12-17(25)30-19(20(26)28-2)18(29-13-21(22,23)24)15-6-4-3-5-7-15/h3-11,18-19H,12-13H2,1-2H3. The second-order valence-corrected chi connectivity index (χ2v) is 6.22. The van der Waals surface area contributed by atoms with E-state index in [0.717, 1.165) is 7.11 Å². The minimum absolute atomic E-state index is 0.210. The summed E-state index contributed by atoms with van der Waals surface area (Å²) in [7, 11) is 2.54. The van der Waals surface area contributed by atoms with E-state index in [0.29, 0.717) is 11.3 Å². The van der Waals surface area contributed by atoms with Crippen LogP contribution in [-0.2, 0) is 30.2 Å². The Morgan fingerprint density at radius 3 is 2.13 bits per heavy atom. The van der Waals surface area contributed by atoms with Crippen LogP contribution in [0.4, 0.5) is 13.2 Å². The number of carbonyl (C=O) groups is 2. The van der Waals surface area contributed by atoms with Crippen LogP contribution in [0.5, 0.6) is 5.75 Å². The van der Waals surface area contributed by atoms with Gasteiger partial charge in [-0.3, -0.25) is 4.79 Å². The first kappa shape index (κ1) is 23.2. The van der Waals surface area contributed by atoms with E-state index in [-0.39, 0.29) is 12.0 Å². The fourth-order valence-corrected chi connectivity index (χ4v) is 2.63. The molecule has 0 saturated carbocycles. The van der Waals surface area contributed by atoms with Gasteiger partial charge in [-0.1, -0.05) is 42.5 Å². The lowest BCUT2D eigenvalue weighted by atomic mass is 10.0. The van der Waals surface area contributed by atoms with Crippen molar-refractivity contribution in [1.29, 1.82) is 0 Å². The largest absolute Gasteiger partial charge is 0.497 e. The molecule has 0 radical (unpaired) electrons. The molecule has 2 unspecified atom stereocenters. The van der Waals surface area contributed by atoms with Crippen molar-refractivity contribution in [1.82, 2.24) is 0 Å². The molecule has 30 heavy (non-hydrogen) atoms. The van der Waals surface area contributed by atoms with Gasteiger partial charge in [-0.15, -0.1) is 0 Å². The zero-order valence-electron chi connectivity index (χ0n) is 16.3. The molecular weight excluding hydrogens is 405 g/mol. The average molecular weight is 426 g/mol. The van der Waals surface area contributed by atoms with Gasteiger partial charge in [0.25, 0.3) is 0 Å². The molecule has 2 atom stereocenters. The lowest BCUT2D eigenvalue weighted by Gasteiger charge is -2.26. The number of carbonyl (C=O) groups excluding carboxylic acids is 2. The van der Waals surface area contributed by atoms with Gasteiger partial charge in [0.1, 0.15) is 18.5 Å². The van der Waals surface area contributed by atoms with Crippen molar-refractivity contribution < 1.29 is 41.7 Å². The summed E-state index contributed by atoms with van der Waals surface area (Å²) in [5, 5.41) is 0. The second kappa shape index (κ2) is 10.6. The molecule has 0 amide bonds. The maximum Gasteiger partial charge on any atom is 0.411 e. The van der Waals surface area contributed by atoms with Gasteiger partial charge in [0.15, 0.2) is 0 Å². The van der Waals surface area contributed by atoms with Crippen LogP contribution < -0.4 is 4.74 Å². The Hall–Kier alpha value is -3.07. The molecule has 0 aliphatic rings. The van der Waals surface area contributed by atoms with Crippen molar-refractivity contribution in [3.8, 4) is 5.75 Å². The predicted molar refractivity (Wildman–Crippen MR) is 99.8 cm³/mol. The molecule has 2 aromatic rings. The van der Waals surface area contributed by atoms with Gasteiger partial charge in [0, 0.05) is 0 Å². The molecule has 0 N–H and O–H groups in total.